The van der Waals surface area contributed by atoms with E-state index >= 15 is 0 Å². The molecule has 1 aromatic rings. The van der Waals surface area contributed by atoms with E-state index in [1.165, 1.54) is 4.90 Å². The Hall–Kier alpha value is -2.08. The van der Waals surface area contributed by atoms with Crippen LogP contribution in [-0.2, 0) is 4.79 Å². The van der Waals surface area contributed by atoms with Crippen LogP contribution in [0.5, 0.6) is 0 Å². The van der Waals surface area contributed by atoms with Crippen molar-refractivity contribution in [3.63, 3.8) is 0 Å². The second kappa shape index (κ2) is 5.71. The molecule has 2 rings (SSSR count). The molecule has 1 atom stereocenters. The summed E-state index contributed by atoms with van der Waals surface area (Å²) in [6.45, 7) is 3.02. The Bertz CT molecular complexity index is 470. The maximum Gasteiger partial charge on any atom is 0.322 e. The number of carbonyl (C=O) groups excluding carboxylic acids is 2. The average Bonchev–Trinajstić information content (AvgIpc) is 2.39. The Labute approximate surface area is 112 Å². The first-order valence-electron chi connectivity index (χ1n) is 6.24. The lowest BCUT2D eigenvalue weighted by atomic mass is 10.1. The number of hydrogen-bond acceptors (Lipinski definition) is 3. The van der Waals surface area contributed by atoms with E-state index in [9.17, 15) is 9.59 Å². The Morgan fingerprint density at radius 2 is 2.11 bits per heavy atom. The summed E-state index contributed by atoms with van der Waals surface area (Å²) in [6, 6.07) is 7.08. The summed E-state index contributed by atoms with van der Waals surface area (Å²) in [5.74, 6) is -0.131. The number of hydrogen-bond donors (Lipinski definition) is 3. The van der Waals surface area contributed by atoms with Crippen LogP contribution in [0.3, 0.4) is 0 Å². The van der Waals surface area contributed by atoms with Gasteiger partial charge in [0.15, 0.2) is 0 Å². The lowest BCUT2D eigenvalue weighted by Crippen LogP contribution is -2.51. The van der Waals surface area contributed by atoms with E-state index in [0.29, 0.717) is 18.8 Å². The third-order valence-corrected chi connectivity index (χ3v) is 3.01. The summed E-state index contributed by atoms with van der Waals surface area (Å²) >= 11 is 0. The smallest absolute Gasteiger partial charge is 0.322 e. The minimum Gasteiger partial charge on any atom is -0.353 e. The molecule has 1 aliphatic rings. The first-order chi connectivity index (χ1) is 9.06. The molecule has 6 heteroatoms. The lowest BCUT2D eigenvalue weighted by molar-refractivity contribution is -0.123. The van der Waals surface area contributed by atoms with Gasteiger partial charge >= 0.3 is 6.03 Å². The summed E-state index contributed by atoms with van der Waals surface area (Å²) in [6.07, 6.45) is 0. The summed E-state index contributed by atoms with van der Waals surface area (Å²) in [4.78, 5) is 24.6. The monoisotopic (exact) mass is 262 g/mol. The van der Waals surface area contributed by atoms with Gasteiger partial charge in [-0.25, -0.2) is 4.79 Å². The van der Waals surface area contributed by atoms with E-state index in [-0.39, 0.29) is 24.5 Å². The maximum absolute atomic E-state index is 11.9. The quantitative estimate of drug-likeness (QED) is 0.732. The van der Waals surface area contributed by atoms with Crippen molar-refractivity contribution in [2.75, 3.05) is 25.0 Å². The van der Waals surface area contributed by atoms with E-state index in [1.807, 2.05) is 19.1 Å². The van der Waals surface area contributed by atoms with Crippen LogP contribution < -0.4 is 16.4 Å². The molecule has 0 aliphatic carbocycles. The zero-order valence-corrected chi connectivity index (χ0v) is 10.8. The van der Waals surface area contributed by atoms with Crippen LogP contribution in [0.15, 0.2) is 24.3 Å². The predicted molar refractivity (Wildman–Crippen MR) is 72.6 cm³/mol. The molecule has 4 N–H and O–H groups in total. The number of nitrogens with two attached hydrogens (primary N) is 1. The first-order valence-corrected chi connectivity index (χ1v) is 6.24. The van der Waals surface area contributed by atoms with Gasteiger partial charge in [-0.15, -0.1) is 0 Å². The molecule has 0 radical (unpaired) electrons. The van der Waals surface area contributed by atoms with Crippen molar-refractivity contribution in [2.24, 2.45) is 5.73 Å². The highest BCUT2D eigenvalue weighted by atomic mass is 16.2. The molecule has 1 aromatic carbocycles. The average molecular weight is 262 g/mol. The zero-order valence-electron chi connectivity index (χ0n) is 10.8. The van der Waals surface area contributed by atoms with E-state index in [4.69, 9.17) is 5.73 Å². The molecule has 0 saturated carbocycles. The molecule has 1 fully saturated rings. The van der Waals surface area contributed by atoms with Gasteiger partial charge in [0.05, 0.1) is 0 Å². The Kier molecular flexibility index (Phi) is 4.01. The van der Waals surface area contributed by atoms with Crippen molar-refractivity contribution in [1.29, 1.82) is 0 Å². The first kappa shape index (κ1) is 13.4. The number of carbonyl (C=O) groups is 2. The number of nitrogens with zero attached hydrogens (tertiary/aromatic N) is 1. The Morgan fingerprint density at radius 1 is 1.42 bits per heavy atom. The van der Waals surface area contributed by atoms with Gasteiger partial charge in [-0.2, -0.15) is 0 Å². The molecule has 0 aromatic heterocycles. The van der Waals surface area contributed by atoms with Gasteiger partial charge in [0, 0.05) is 24.8 Å². The normalized spacial score (nSPS) is 16.7. The van der Waals surface area contributed by atoms with Gasteiger partial charge in [0.2, 0.25) is 5.91 Å². The van der Waals surface area contributed by atoms with E-state index < -0.39 is 0 Å². The zero-order chi connectivity index (χ0) is 13.8. The number of anilines is 1. The number of nitrogens with one attached hydrogen (secondary N) is 2. The molecule has 0 spiro atoms. The van der Waals surface area contributed by atoms with Crippen molar-refractivity contribution in [3.05, 3.63) is 29.8 Å². The van der Waals surface area contributed by atoms with Gasteiger partial charge < -0.3 is 21.3 Å². The number of benzene rings is 1. The van der Waals surface area contributed by atoms with Crippen LogP contribution >= 0.6 is 0 Å². The number of urea groups is 1. The number of piperazine rings is 1. The van der Waals surface area contributed by atoms with Gasteiger partial charge in [0.25, 0.3) is 0 Å². The fourth-order valence-corrected chi connectivity index (χ4v) is 1.88. The number of amides is 3. The molecule has 1 unspecified atom stereocenters. The highest BCUT2D eigenvalue weighted by Gasteiger charge is 2.20. The van der Waals surface area contributed by atoms with Crippen LogP contribution in [0, 0.1) is 0 Å². The molecule has 0 bridgehead atoms. The largest absolute Gasteiger partial charge is 0.353 e. The Morgan fingerprint density at radius 3 is 2.68 bits per heavy atom. The summed E-state index contributed by atoms with van der Waals surface area (Å²) in [7, 11) is 0. The van der Waals surface area contributed by atoms with Crippen molar-refractivity contribution < 1.29 is 9.59 Å². The molecular formula is C13H18N4O2. The minimum absolute atomic E-state index is 0.0319. The van der Waals surface area contributed by atoms with Crippen molar-refractivity contribution >= 4 is 17.6 Å². The maximum atomic E-state index is 11.9. The molecule has 102 valence electrons. The number of rotatable bonds is 2. The molecule has 19 heavy (non-hydrogen) atoms. The third kappa shape index (κ3) is 3.45. The highest BCUT2D eigenvalue weighted by molar-refractivity contribution is 5.93. The third-order valence-electron chi connectivity index (χ3n) is 3.01. The fraction of sp³-hybridized carbons (Fsp3) is 0.385. The Balaban J connectivity index is 1.96. The predicted octanol–water partition coefficient (Wildman–Crippen LogP) is 0.670. The van der Waals surface area contributed by atoms with Gasteiger partial charge in [-0.3, -0.25) is 4.79 Å². The van der Waals surface area contributed by atoms with Gasteiger partial charge in [0.1, 0.15) is 6.54 Å². The van der Waals surface area contributed by atoms with Gasteiger partial charge in [-0.05, 0) is 24.6 Å². The van der Waals surface area contributed by atoms with Crippen LogP contribution in [0.2, 0.25) is 0 Å². The minimum atomic E-state index is -0.261. The highest BCUT2D eigenvalue weighted by Crippen LogP contribution is 2.14. The second-order valence-electron chi connectivity index (χ2n) is 4.61. The fourth-order valence-electron chi connectivity index (χ4n) is 1.88. The van der Waals surface area contributed by atoms with Crippen LogP contribution in [-0.4, -0.2) is 36.5 Å². The van der Waals surface area contributed by atoms with Crippen molar-refractivity contribution in [3.8, 4) is 0 Å². The molecule has 1 heterocycles. The molecule has 6 nitrogen and oxygen atoms in total. The van der Waals surface area contributed by atoms with Crippen LogP contribution in [0.25, 0.3) is 0 Å². The van der Waals surface area contributed by atoms with E-state index in [1.54, 1.807) is 12.1 Å². The van der Waals surface area contributed by atoms with E-state index in [0.717, 1.165) is 5.56 Å². The van der Waals surface area contributed by atoms with Crippen molar-refractivity contribution in [2.45, 2.75) is 13.0 Å². The summed E-state index contributed by atoms with van der Waals surface area (Å²) in [5.41, 5.74) is 7.46. The molecule has 1 aliphatic heterocycles. The molecular weight excluding hydrogens is 244 g/mol. The van der Waals surface area contributed by atoms with Crippen LogP contribution in [0.4, 0.5) is 10.5 Å². The molecule has 1 saturated heterocycles. The summed E-state index contributed by atoms with van der Waals surface area (Å²) in [5, 5.41) is 5.44. The van der Waals surface area contributed by atoms with Crippen LogP contribution in [0.1, 0.15) is 18.5 Å². The topological polar surface area (TPSA) is 87.5 Å². The van der Waals surface area contributed by atoms with Gasteiger partial charge in [-0.1, -0.05) is 12.1 Å². The molecule has 3 amide bonds. The summed E-state index contributed by atoms with van der Waals surface area (Å²) < 4.78 is 0. The second-order valence-corrected chi connectivity index (χ2v) is 4.61. The lowest BCUT2D eigenvalue weighted by Gasteiger charge is -2.26. The van der Waals surface area contributed by atoms with Crippen molar-refractivity contribution in [1.82, 2.24) is 10.2 Å². The standard InChI is InChI=1S/C13H18N4O2/c1-9(14)10-2-4-11(5-3-10)16-13(19)17-7-6-15-12(18)8-17/h2-5,9H,6-8,14H2,1H3,(H,15,18)(H,16,19). The SMILES string of the molecule is CC(N)c1ccc(NC(=O)N2CCNC(=O)C2)cc1. The van der Waals surface area contributed by atoms with E-state index in [2.05, 4.69) is 10.6 Å².